The molecule has 0 radical (unpaired) electrons. The van der Waals surface area contributed by atoms with Crippen LogP contribution in [-0.4, -0.2) is 41.2 Å². The number of hydrogen-bond acceptors (Lipinski definition) is 6. The van der Waals surface area contributed by atoms with Crippen molar-refractivity contribution in [3.63, 3.8) is 0 Å². The van der Waals surface area contributed by atoms with Gasteiger partial charge in [-0.25, -0.2) is 9.98 Å². The third-order valence-corrected chi connectivity index (χ3v) is 5.09. The molecule has 2 aromatic rings. The summed E-state index contributed by atoms with van der Waals surface area (Å²) in [5.41, 5.74) is 7.20. The first-order chi connectivity index (χ1) is 14.3. The zero-order valence-corrected chi connectivity index (χ0v) is 17.5. The molecule has 7 heteroatoms. The maximum absolute atomic E-state index is 12.7. The molecule has 1 aromatic heterocycles. The van der Waals surface area contributed by atoms with Crippen molar-refractivity contribution in [1.82, 2.24) is 9.88 Å². The highest BCUT2D eigenvalue weighted by Crippen LogP contribution is 2.33. The van der Waals surface area contributed by atoms with E-state index in [1.807, 2.05) is 50.3 Å². The Balaban J connectivity index is 1.74. The molecule has 0 bridgehead atoms. The first-order valence-corrected chi connectivity index (χ1v) is 9.77. The fraction of sp³-hybridized carbons (Fsp3) is 0.304. The van der Waals surface area contributed by atoms with E-state index in [0.717, 1.165) is 11.1 Å². The number of benzene rings is 1. The van der Waals surface area contributed by atoms with Crippen molar-refractivity contribution in [2.45, 2.75) is 32.2 Å². The van der Waals surface area contributed by atoms with Crippen LogP contribution in [0.3, 0.4) is 0 Å². The van der Waals surface area contributed by atoms with E-state index in [1.54, 1.807) is 25.4 Å². The number of ketones is 1. The van der Waals surface area contributed by atoms with Crippen LogP contribution in [0.15, 0.2) is 59.7 Å². The lowest BCUT2D eigenvalue weighted by Gasteiger charge is -2.33. The molecule has 30 heavy (non-hydrogen) atoms. The average Bonchev–Trinajstić information content (AvgIpc) is 2.73. The molecule has 0 saturated heterocycles. The van der Waals surface area contributed by atoms with E-state index in [1.165, 1.54) is 4.90 Å². The Hall–Kier alpha value is -3.48. The number of carbonyl (C=O) groups excluding carboxylic acids is 2. The molecule has 1 unspecified atom stereocenters. The Kier molecular flexibility index (Phi) is 6.30. The van der Waals surface area contributed by atoms with Gasteiger partial charge in [0.25, 0.3) is 0 Å². The van der Waals surface area contributed by atoms with E-state index in [0.29, 0.717) is 18.1 Å². The number of hydrogen-bond donors (Lipinski definition) is 1. The van der Waals surface area contributed by atoms with Crippen LogP contribution < -0.4 is 10.5 Å². The molecule has 1 atom stereocenters. The molecule has 2 heterocycles. The number of guanidine groups is 1. The second-order valence-electron chi connectivity index (χ2n) is 7.43. The van der Waals surface area contributed by atoms with E-state index in [9.17, 15) is 9.59 Å². The van der Waals surface area contributed by atoms with Crippen molar-refractivity contribution in [1.29, 1.82) is 0 Å². The van der Waals surface area contributed by atoms with Crippen LogP contribution in [0.25, 0.3) is 0 Å². The summed E-state index contributed by atoms with van der Waals surface area (Å²) in [7, 11) is 1.61. The zero-order chi connectivity index (χ0) is 21.7. The molecule has 2 N–H and O–H groups in total. The van der Waals surface area contributed by atoms with Gasteiger partial charge >= 0.3 is 0 Å². The number of allylic oxidation sites excluding steroid dienone is 1. The molecule has 0 saturated carbocycles. The zero-order valence-electron chi connectivity index (χ0n) is 17.5. The number of nitrogens with two attached hydrogens (primary N) is 1. The van der Waals surface area contributed by atoms with Gasteiger partial charge in [-0.1, -0.05) is 36.4 Å². The smallest absolute Gasteiger partial charge is 0.231 e. The normalized spacial score (nSPS) is 19.1. The fourth-order valence-electron chi connectivity index (χ4n) is 3.24. The first kappa shape index (κ1) is 21.2. The lowest BCUT2D eigenvalue weighted by molar-refractivity contribution is -0.128. The van der Waals surface area contributed by atoms with E-state index in [4.69, 9.17) is 10.5 Å². The van der Waals surface area contributed by atoms with Gasteiger partial charge in [-0.3, -0.25) is 14.5 Å². The molecule has 7 nitrogen and oxygen atoms in total. The molecule has 1 amide bonds. The molecule has 3 rings (SSSR count). The van der Waals surface area contributed by atoms with Crippen molar-refractivity contribution in [2.24, 2.45) is 10.7 Å². The Morgan fingerprint density at radius 3 is 2.80 bits per heavy atom. The molecule has 1 aromatic carbocycles. The number of aromatic nitrogens is 1. The number of pyridine rings is 1. The third kappa shape index (κ3) is 4.74. The van der Waals surface area contributed by atoms with E-state index >= 15 is 0 Å². The highest BCUT2D eigenvalue weighted by atomic mass is 16.5. The summed E-state index contributed by atoms with van der Waals surface area (Å²) in [5.74, 6) is 0.616. The van der Waals surface area contributed by atoms with Gasteiger partial charge in [0, 0.05) is 13.5 Å². The summed E-state index contributed by atoms with van der Waals surface area (Å²) in [6.07, 6.45) is 5.76. The van der Waals surface area contributed by atoms with Gasteiger partial charge in [-0.15, -0.1) is 0 Å². The molecule has 156 valence electrons. The molecule has 0 spiro atoms. The number of carbonyl (C=O) groups is 2. The largest absolute Gasteiger partial charge is 0.488 e. The minimum Gasteiger partial charge on any atom is -0.488 e. The van der Waals surface area contributed by atoms with Crippen molar-refractivity contribution in [3.05, 3.63) is 71.6 Å². The Bertz CT molecular complexity index is 998. The quantitative estimate of drug-likeness (QED) is 0.563. The topological polar surface area (TPSA) is 97.9 Å². The molecular weight excluding hydrogens is 380 g/mol. The van der Waals surface area contributed by atoms with E-state index in [2.05, 4.69) is 9.98 Å². The minimum absolute atomic E-state index is 0.0904. The minimum atomic E-state index is -0.753. The van der Waals surface area contributed by atoms with Gasteiger partial charge in [0.2, 0.25) is 5.91 Å². The van der Waals surface area contributed by atoms with Gasteiger partial charge in [-0.05, 0) is 37.1 Å². The standard InChI is InChI=1S/C23H26N4O3/c1-4-5-11-30-18-9-10-19(25-15-18)20(28)13-16-7-6-8-17(12-16)23(2)14-21(29)27(3)22(24)26-23/h4-10,12,15H,11,13-14H2,1-3H3,(H2,24,26)/b5-4+. The highest BCUT2D eigenvalue weighted by Gasteiger charge is 2.36. The van der Waals surface area contributed by atoms with Crippen LogP contribution in [0, 0.1) is 0 Å². The summed E-state index contributed by atoms with van der Waals surface area (Å²) >= 11 is 0. The summed E-state index contributed by atoms with van der Waals surface area (Å²) in [6.45, 7) is 4.26. The molecule has 0 aliphatic carbocycles. The number of ether oxygens (including phenoxy) is 1. The number of rotatable bonds is 7. The Morgan fingerprint density at radius 1 is 1.33 bits per heavy atom. The lowest BCUT2D eigenvalue weighted by Crippen LogP contribution is -2.47. The third-order valence-electron chi connectivity index (χ3n) is 5.09. The SMILES string of the molecule is C/C=C/COc1ccc(C(=O)Cc2cccc(C3(C)CC(=O)N(C)C(N)=N3)c2)nc1. The molecule has 1 aliphatic rings. The average molecular weight is 406 g/mol. The van der Waals surface area contributed by atoms with Gasteiger partial charge in [0.15, 0.2) is 11.7 Å². The monoisotopic (exact) mass is 406 g/mol. The second kappa shape index (κ2) is 8.90. The summed E-state index contributed by atoms with van der Waals surface area (Å²) in [6, 6.07) is 11.0. The maximum Gasteiger partial charge on any atom is 0.231 e. The van der Waals surface area contributed by atoms with E-state index in [-0.39, 0.29) is 30.5 Å². The molecule has 0 fully saturated rings. The number of amides is 1. The second-order valence-corrected chi connectivity index (χ2v) is 7.43. The van der Waals surface area contributed by atoms with Crippen molar-refractivity contribution >= 4 is 17.6 Å². The summed E-state index contributed by atoms with van der Waals surface area (Å²) in [4.78, 5) is 35.0. The fourth-order valence-corrected chi connectivity index (χ4v) is 3.24. The van der Waals surface area contributed by atoms with Crippen LogP contribution in [0.5, 0.6) is 5.75 Å². The Morgan fingerprint density at radius 2 is 2.13 bits per heavy atom. The van der Waals surface area contributed by atoms with E-state index < -0.39 is 5.54 Å². The highest BCUT2D eigenvalue weighted by molar-refractivity contribution is 5.99. The van der Waals surface area contributed by atoms with Crippen molar-refractivity contribution < 1.29 is 14.3 Å². The predicted octanol–water partition coefficient (Wildman–Crippen LogP) is 2.85. The maximum atomic E-state index is 12.7. The summed E-state index contributed by atoms with van der Waals surface area (Å²) < 4.78 is 5.50. The van der Waals surface area contributed by atoms with Crippen molar-refractivity contribution in [3.8, 4) is 5.75 Å². The van der Waals surface area contributed by atoms with Crippen LogP contribution in [0.1, 0.15) is 41.9 Å². The molecule has 1 aliphatic heterocycles. The van der Waals surface area contributed by atoms with Crippen molar-refractivity contribution in [2.75, 3.05) is 13.7 Å². The van der Waals surface area contributed by atoms with Crippen LogP contribution in [0.2, 0.25) is 0 Å². The number of aliphatic imine (C=N–C) groups is 1. The van der Waals surface area contributed by atoms with Gasteiger partial charge in [0.1, 0.15) is 18.1 Å². The predicted molar refractivity (Wildman–Crippen MR) is 115 cm³/mol. The van der Waals surface area contributed by atoms with Gasteiger partial charge < -0.3 is 10.5 Å². The van der Waals surface area contributed by atoms with Gasteiger partial charge in [0.05, 0.1) is 18.2 Å². The summed E-state index contributed by atoms with van der Waals surface area (Å²) in [5, 5.41) is 0. The van der Waals surface area contributed by atoms with Crippen LogP contribution in [-0.2, 0) is 16.8 Å². The lowest BCUT2D eigenvalue weighted by atomic mass is 9.86. The first-order valence-electron chi connectivity index (χ1n) is 9.77. The Labute approximate surface area is 176 Å². The number of nitrogens with zero attached hydrogens (tertiary/aromatic N) is 3. The van der Waals surface area contributed by atoms with Crippen LogP contribution in [0.4, 0.5) is 0 Å². The number of Topliss-reactive ketones (excluding diaryl/α,β-unsaturated/α-hetero) is 1. The van der Waals surface area contributed by atoms with Gasteiger partial charge in [-0.2, -0.15) is 0 Å². The van der Waals surface area contributed by atoms with Crippen LogP contribution >= 0.6 is 0 Å². The molecular formula is C23H26N4O3.